The first-order valence-corrected chi connectivity index (χ1v) is 8.80. The Bertz CT molecular complexity index is 740. The molecule has 6 nitrogen and oxygen atoms in total. The number of likely N-dealkylation sites (tertiary alicyclic amines) is 1. The first-order chi connectivity index (χ1) is 11.2. The number of amides is 1. The van der Waals surface area contributed by atoms with Gasteiger partial charge in [-0.05, 0) is 44.9 Å². The van der Waals surface area contributed by atoms with E-state index in [1.54, 1.807) is 37.6 Å². The average Bonchev–Trinajstić information content (AvgIpc) is 3.05. The number of nitrogens with zero attached hydrogens (tertiary/aromatic N) is 2. The first-order valence-electron chi connectivity index (χ1n) is 7.92. The summed E-state index contributed by atoms with van der Waals surface area (Å²) in [5, 5.41) is 20.3. The molecule has 3 atom stereocenters. The van der Waals surface area contributed by atoms with Gasteiger partial charge < -0.3 is 14.9 Å². The van der Waals surface area contributed by atoms with Crippen LogP contribution in [0.15, 0.2) is 23.7 Å². The van der Waals surface area contributed by atoms with E-state index in [9.17, 15) is 15.0 Å². The second-order valence-corrected chi connectivity index (χ2v) is 8.00. The first kappa shape index (κ1) is 17.1. The maximum atomic E-state index is 12.4. The van der Waals surface area contributed by atoms with E-state index < -0.39 is 29.9 Å². The molecule has 0 unspecified atom stereocenters. The van der Waals surface area contributed by atoms with Crippen LogP contribution in [0.3, 0.4) is 0 Å². The van der Waals surface area contributed by atoms with Crippen LogP contribution >= 0.6 is 11.3 Å². The van der Waals surface area contributed by atoms with Crippen LogP contribution in [0, 0.1) is 0 Å². The highest BCUT2D eigenvalue weighted by molar-refractivity contribution is 7.16. The van der Waals surface area contributed by atoms with Gasteiger partial charge in [0.1, 0.15) is 11.7 Å². The van der Waals surface area contributed by atoms with Gasteiger partial charge >= 0.3 is 6.09 Å². The number of thiazole rings is 1. The number of fused-ring (bicyclic) bond motifs is 1. The van der Waals surface area contributed by atoms with Crippen LogP contribution in [0.5, 0.6) is 0 Å². The summed E-state index contributed by atoms with van der Waals surface area (Å²) < 4.78 is 6.49. The summed E-state index contributed by atoms with van der Waals surface area (Å²) in [5.74, 6) is 0. The fraction of sp³-hybridized carbons (Fsp3) is 0.529. The predicted octanol–water partition coefficient (Wildman–Crippen LogP) is 2.18. The molecule has 0 saturated carbocycles. The van der Waals surface area contributed by atoms with E-state index in [-0.39, 0.29) is 6.54 Å². The third kappa shape index (κ3) is 3.53. The molecule has 1 aromatic heterocycles. The Morgan fingerprint density at radius 2 is 2.17 bits per heavy atom. The maximum Gasteiger partial charge on any atom is 0.410 e. The number of rotatable bonds is 2. The van der Waals surface area contributed by atoms with E-state index in [1.807, 2.05) is 18.2 Å². The summed E-state index contributed by atoms with van der Waals surface area (Å²) in [5.41, 5.74) is 3.02. The smallest absolute Gasteiger partial charge is 0.410 e. The molecule has 1 aromatic carbocycles. The van der Waals surface area contributed by atoms with Crippen molar-refractivity contribution >= 4 is 27.6 Å². The predicted molar refractivity (Wildman–Crippen MR) is 92.1 cm³/mol. The lowest BCUT2D eigenvalue weighted by Crippen LogP contribution is -2.43. The normalized spacial score (nSPS) is 24.5. The summed E-state index contributed by atoms with van der Waals surface area (Å²) in [6, 6.07) is 5.38. The van der Waals surface area contributed by atoms with Crippen LogP contribution in [-0.4, -0.2) is 56.6 Å². The minimum Gasteiger partial charge on any atom is -0.444 e. The Balaban J connectivity index is 1.80. The van der Waals surface area contributed by atoms with Crippen LogP contribution in [-0.2, 0) is 11.2 Å². The number of ether oxygens (including phenoxy) is 1. The number of hydrogen-bond donors (Lipinski definition) is 2. The van der Waals surface area contributed by atoms with Gasteiger partial charge in [0.05, 0.1) is 34.4 Å². The number of hydrogen-bond acceptors (Lipinski definition) is 6. The molecular weight excluding hydrogens is 328 g/mol. The molecule has 0 radical (unpaired) electrons. The third-order valence-corrected chi connectivity index (χ3v) is 4.85. The number of aromatic nitrogens is 1. The number of aliphatic hydroxyl groups is 2. The molecule has 1 aliphatic heterocycles. The van der Waals surface area contributed by atoms with Crippen molar-refractivity contribution in [2.45, 2.75) is 51.0 Å². The highest BCUT2D eigenvalue weighted by atomic mass is 32.1. The fourth-order valence-electron chi connectivity index (χ4n) is 2.92. The number of carbonyl (C=O) groups excluding carboxylic acids is 1. The van der Waals surface area contributed by atoms with Crippen LogP contribution < -0.4 is 0 Å². The zero-order valence-electron chi connectivity index (χ0n) is 14.0. The highest BCUT2D eigenvalue weighted by Gasteiger charge is 2.43. The topological polar surface area (TPSA) is 82.9 Å². The van der Waals surface area contributed by atoms with E-state index in [2.05, 4.69) is 4.98 Å². The van der Waals surface area contributed by atoms with E-state index >= 15 is 0 Å². The molecule has 1 aliphatic rings. The van der Waals surface area contributed by atoms with Gasteiger partial charge in [-0.15, -0.1) is 11.3 Å². The molecule has 1 amide bonds. The van der Waals surface area contributed by atoms with Gasteiger partial charge in [-0.25, -0.2) is 9.78 Å². The molecule has 3 rings (SSSR count). The Morgan fingerprint density at radius 3 is 2.88 bits per heavy atom. The van der Waals surface area contributed by atoms with Crippen molar-refractivity contribution in [3.05, 3.63) is 29.3 Å². The molecule has 0 bridgehead atoms. The van der Waals surface area contributed by atoms with Crippen LogP contribution in [0.2, 0.25) is 0 Å². The zero-order valence-corrected chi connectivity index (χ0v) is 14.8. The number of aliphatic hydroxyl groups excluding tert-OH is 2. The quantitative estimate of drug-likeness (QED) is 0.867. The Kier molecular flexibility index (Phi) is 4.50. The lowest BCUT2D eigenvalue weighted by Gasteiger charge is -2.29. The molecule has 1 fully saturated rings. The van der Waals surface area contributed by atoms with Gasteiger partial charge in [-0.3, -0.25) is 4.90 Å². The van der Waals surface area contributed by atoms with E-state index in [1.165, 1.54) is 4.90 Å². The van der Waals surface area contributed by atoms with Crippen LogP contribution in [0.4, 0.5) is 4.79 Å². The van der Waals surface area contributed by atoms with Gasteiger partial charge in [0.2, 0.25) is 0 Å². The molecule has 7 heteroatoms. The number of benzene rings is 1. The molecule has 1 saturated heterocycles. The SMILES string of the molecule is CC(C)(C)OC(=O)N1C[C@H](O)[C@@H](O)[C@H]1Cc1ccc2scnc2c1. The minimum absolute atomic E-state index is 0.0691. The zero-order chi connectivity index (χ0) is 17.5. The van der Waals surface area contributed by atoms with Crippen molar-refractivity contribution in [2.24, 2.45) is 0 Å². The summed E-state index contributed by atoms with van der Waals surface area (Å²) in [6.45, 7) is 5.44. The lowest BCUT2D eigenvalue weighted by atomic mass is 10.0. The van der Waals surface area contributed by atoms with Crippen molar-refractivity contribution in [2.75, 3.05) is 6.54 Å². The van der Waals surface area contributed by atoms with Gasteiger partial charge in [0, 0.05) is 0 Å². The summed E-state index contributed by atoms with van der Waals surface area (Å²) in [7, 11) is 0. The Morgan fingerprint density at radius 1 is 1.42 bits per heavy atom. The average molecular weight is 350 g/mol. The Labute approximate surface area is 144 Å². The van der Waals surface area contributed by atoms with E-state index in [0.29, 0.717) is 6.42 Å². The second kappa shape index (κ2) is 6.31. The van der Waals surface area contributed by atoms with Crippen LogP contribution in [0.1, 0.15) is 26.3 Å². The van der Waals surface area contributed by atoms with Crippen molar-refractivity contribution < 1.29 is 19.7 Å². The van der Waals surface area contributed by atoms with Crippen LogP contribution in [0.25, 0.3) is 10.2 Å². The summed E-state index contributed by atoms with van der Waals surface area (Å²) in [4.78, 5) is 18.1. The van der Waals surface area contributed by atoms with Crippen molar-refractivity contribution in [3.8, 4) is 0 Å². The Hall–Kier alpha value is -1.70. The van der Waals surface area contributed by atoms with Gasteiger partial charge in [0.25, 0.3) is 0 Å². The maximum absolute atomic E-state index is 12.4. The second-order valence-electron chi connectivity index (χ2n) is 7.12. The molecule has 2 heterocycles. The highest BCUT2D eigenvalue weighted by Crippen LogP contribution is 2.26. The number of β-amino-alcohol motifs (C(OH)–C–C–N with tert-alkyl or cyclic N) is 1. The van der Waals surface area contributed by atoms with Crippen molar-refractivity contribution in [3.63, 3.8) is 0 Å². The van der Waals surface area contributed by atoms with Gasteiger partial charge in [-0.1, -0.05) is 6.07 Å². The summed E-state index contributed by atoms with van der Waals surface area (Å²) in [6.07, 6.45) is -2.04. The van der Waals surface area contributed by atoms with Crippen molar-refractivity contribution in [1.82, 2.24) is 9.88 Å². The van der Waals surface area contributed by atoms with Gasteiger partial charge in [0.15, 0.2) is 0 Å². The van der Waals surface area contributed by atoms with Crippen molar-refractivity contribution in [1.29, 1.82) is 0 Å². The fourth-order valence-corrected chi connectivity index (χ4v) is 3.58. The largest absolute Gasteiger partial charge is 0.444 e. The third-order valence-electron chi connectivity index (χ3n) is 4.04. The minimum atomic E-state index is -0.997. The number of carbonyl (C=O) groups is 1. The lowest BCUT2D eigenvalue weighted by molar-refractivity contribution is 0.0139. The summed E-state index contributed by atoms with van der Waals surface area (Å²) >= 11 is 1.57. The molecule has 24 heavy (non-hydrogen) atoms. The van der Waals surface area contributed by atoms with E-state index in [4.69, 9.17) is 4.74 Å². The molecule has 0 aliphatic carbocycles. The standard InChI is InChI=1S/C17H22N2O4S/c1-17(2,3)23-16(22)19-8-13(20)15(21)12(19)7-10-4-5-14-11(6-10)18-9-24-14/h4-6,9,12-13,15,20-21H,7-8H2,1-3H3/t12-,13+,15+/m1/s1. The monoisotopic (exact) mass is 350 g/mol. The van der Waals surface area contributed by atoms with E-state index in [0.717, 1.165) is 15.8 Å². The van der Waals surface area contributed by atoms with Gasteiger partial charge in [-0.2, -0.15) is 0 Å². The molecule has 2 aromatic rings. The molecule has 130 valence electrons. The molecule has 0 spiro atoms. The molecular formula is C17H22N2O4S. The molecule has 2 N–H and O–H groups in total.